The molecule has 2 heterocycles. The summed E-state index contributed by atoms with van der Waals surface area (Å²) in [7, 11) is 0. The van der Waals surface area contributed by atoms with Gasteiger partial charge in [-0.15, -0.1) is 0 Å². The van der Waals surface area contributed by atoms with Gasteiger partial charge in [0.25, 0.3) is 0 Å². The van der Waals surface area contributed by atoms with Crippen molar-refractivity contribution in [2.75, 3.05) is 13.1 Å². The Kier molecular flexibility index (Phi) is 3.50. The molecule has 96 valence electrons. The standard InChI is InChI=1S/C13H15ClN2O2/c14-9-1-2-11-12(7-9)18-13(16-11)8-17-10-3-5-15-6-4-10/h1-2,7,10,15H,3-6,8H2. The van der Waals surface area contributed by atoms with Crippen molar-refractivity contribution in [3.8, 4) is 0 Å². The molecule has 0 unspecified atom stereocenters. The second-order valence-corrected chi connectivity index (χ2v) is 4.92. The lowest BCUT2D eigenvalue weighted by atomic mass is 10.1. The Morgan fingerprint density at radius 3 is 3.06 bits per heavy atom. The van der Waals surface area contributed by atoms with Crippen LogP contribution in [0.4, 0.5) is 0 Å². The van der Waals surface area contributed by atoms with Gasteiger partial charge < -0.3 is 14.5 Å². The van der Waals surface area contributed by atoms with Crippen LogP contribution < -0.4 is 5.32 Å². The average molecular weight is 267 g/mol. The maximum Gasteiger partial charge on any atom is 0.221 e. The van der Waals surface area contributed by atoms with Crippen LogP contribution in [0.3, 0.4) is 0 Å². The molecule has 0 aliphatic carbocycles. The fourth-order valence-electron chi connectivity index (χ4n) is 2.16. The number of benzene rings is 1. The first-order valence-electron chi connectivity index (χ1n) is 6.18. The van der Waals surface area contributed by atoms with E-state index in [-0.39, 0.29) is 0 Å². The van der Waals surface area contributed by atoms with Gasteiger partial charge in [-0.1, -0.05) is 11.6 Å². The molecule has 1 aliphatic heterocycles. The second kappa shape index (κ2) is 5.26. The molecule has 1 aliphatic rings. The minimum absolute atomic E-state index is 0.310. The summed E-state index contributed by atoms with van der Waals surface area (Å²) in [5.74, 6) is 0.616. The number of fused-ring (bicyclic) bond motifs is 1. The molecule has 0 bridgehead atoms. The Balaban J connectivity index is 1.67. The summed E-state index contributed by atoms with van der Waals surface area (Å²) in [6.45, 7) is 2.47. The number of hydrogen-bond donors (Lipinski definition) is 1. The molecular formula is C13H15ClN2O2. The number of nitrogens with zero attached hydrogens (tertiary/aromatic N) is 1. The zero-order chi connectivity index (χ0) is 12.4. The smallest absolute Gasteiger partial charge is 0.221 e. The molecule has 2 aromatic rings. The van der Waals surface area contributed by atoms with E-state index >= 15 is 0 Å². The van der Waals surface area contributed by atoms with Crippen molar-refractivity contribution in [1.82, 2.24) is 10.3 Å². The molecule has 0 spiro atoms. The van der Waals surface area contributed by atoms with Gasteiger partial charge in [-0.2, -0.15) is 0 Å². The first kappa shape index (κ1) is 12.0. The average Bonchev–Trinajstić information content (AvgIpc) is 2.79. The van der Waals surface area contributed by atoms with E-state index in [1.165, 1.54) is 0 Å². The van der Waals surface area contributed by atoms with E-state index in [9.17, 15) is 0 Å². The lowest BCUT2D eigenvalue weighted by Crippen LogP contribution is -2.32. The summed E-state index contributed by atoms with van der Waals surface area (Å²) >= 11 is 5.90. The van der Waals surface area contributed by atoms with Gasteiger partial charge in [0.15, 0.2) is 5.58 Å². The van der Waals surface area contributed by atoms with Crippen LogP contribution in [0, 0.1) is 0 Å². The summed E-state index contributed by atoms with van der Waals surface area (Å²) in [5, 5.41) is 3.96. The highest BCUT2D eigenvalue weighted by molar-refractivity contribution is 6.31. The first-order valence-corrected chi connectivity index (χ1v) is 6.56. The predicted octanol–water partition coefficient (Wildman–Crippen LogP) is 2.75. The zero-order valence-corrected chi connectivity index (χ0v) is 10.7. The molecule has 0 atom stereocenters. The summed E-state index contributed by atoms with van der Waals surface area (Å²) in [6, 6.07) is 5.44. The Labute approximate surface area is 110 Å². The number of piperidine rings is 1. The van der Waals surface area contributed by atoms with Crippen LogP contribution in [0.2, 0.25) is 5.02 Å². The molecule has 0 radical (unpaired) electrons. The van der Waals surface area contributed by atoms with Gasteiger partial charge in [0.2, 0.25) is 5.89 Å². The molecular weight excluding hydrogens is 252 g/mol. The summed E-state index contributed by atoms with van der Waals surface area (Å²) < 4.78 is 11.4. The van der Waals surface area contributed by atoms with Crippen LogP contribution in [0.15, 0.2) is 22.6 Å². The lowest BCUT2D eigenvalue weighted by molar-refractivity contribution is 0.0113. The number of hydrogen-bond acceptors (Lipinski definition) is 4. The molecule has 1 saturated heterocycles. The van der Waals surface area contributed by atoms with Crippen LogP contribution in [0.5, 0.6) is 0 Å². The predicted molar refractivity (Wildman–Crippen MR) is 69.7 cm³/mol. The molecule has 1 fully saturated rings. The maximum absolute atomic E-state index is 5.90. The monoisotopic (exact) mass is 266 g/mol. The topological polar surface area (TPSA) is 47.3 Å². The van der Waals surface area contributed by atoms with Crippen LogP contribution in [0.1, 0.15) is 18.7 Å². The molecule has 4 nitrogen and oxygen atoms in total. The van der Waals surface area contributed by atoms with Crippen LogP contribution in [-0.4, -0.2) is 24.2 Å². The first-order chi connectivity index (χ1) is 8.81. The quantitative estimate of drug-likeness (QED) is 0.928. The number of nitrogens with one attached hydrogen (secondary N) is 1. The highest BCUT2D eigenvalue weighted by Crippen LogP contribution is 2.21. The van der Waals surface area contributed by atoms with Gasteiger partial charge in [-0.25, -0.2) is 4.98 Å². The van der Waals surface area contributed by atoms with Crippen molar-refractivity contribution in [2.45, 2.75) is 25.6 Å². The highest BCUT2D eigenvalue weighted by atomic mass is 35.5. The van der Waals surface area contributed by atoms with Crippen LogP contribution in [0.25, 0.3) is 11.1 Å². The SMILES string of the molecule is Clc1ccc2nc(COC3CCNCC3)oc2c1. The number of aromatic nitrogens is 1. The van der Waals surface area contributed by atoms with Gasteiger partial charge >= 0.3 is 0 Å². The van der Waals surface area contributed by atoms with E-state index in [0.717, 1.165) is 31.4 Å². The molecule has 18 heavy (non-hydrogen) atoms. The molecule has 5 heteroatoms. The van der Waals surface area contributed by atoms with E-state index in [4.69, 9.17) is 20.8 Å². The third-order valence-corrected chi connectivity index (χ3v) is 3.36. The molecule has 1 aromatic heterocycles. The largest absolute Gasteiger partial charge is 0.438 e. The lowest BCUT2D eigenvalue weighted by Gasteiger charge is -2.22. The third kappa shape index (κ3) is 2.66. The number of oxazole rings is 1. The number of ether oxygens (including phenoxy) is 1. The summed E-state index contributed by atoms with van der Waals surface area (Å²) in [5.41, 5.74) is 1.54. The molecule has 0 saturated carbocycles. The normalized spacial score (nSPS) is 17.4. The van der Waals surface area contributed by atoms with E-state index in [1.54, 1.807) is 6.07 Å². The van der Waals surface area contributed by atoms with Gasteiger partial charge in [0, 0.05) is 11.1 Å². The highest BCUT2D eigenvalue weighted by Gasteiger charge is 2.15. The van der Waals surface area contributed by atoms with Crippen molar-refractivity contribution in [3.05, 3.63) is 29.1 Å². The summed E-state index contributed by atoms with van der Waals surface area (Å²) in [6.07, 6.45) is 2.41. The van der Waals surface area contributed by atoms with E-state index in [2.05, 4.69) is 10.3 Å². The third-order valence-electron chi connectivity index (χ3n) is 3.12. The van der Waals surface area contributed by atoms with E-state index in [1.807, 2.05) is 12.1 Å². The molecule has 1 aromatic carbocycles. The van der Waals surface area contributed by atoms with Crippen molar-refractivity contribution in [2.24, 2.45) is 0 Å². The fraction of sp³-hybridized carbons (Fsp3) is 0.462. The van der Waals surface area contributed by atoms with Gasteiger partial charge in [-0.05, 0) is 38.1 Å². The summed E-state index contributed by atoms with van der Waals surface area (Å²) in [4.78, 5) is 4.37. The Bertz CT molecular complexity index is 535. The Morgan fingerprint density at radius 1 is 1.39 bits per heavy atom. The van der Waals surface area contributed by atoms with Gasteiger partial charge in [0.1, 0.15) is 12.1 Å². The second-order valence-electron chi connectivity index (χ2n) is 4.48. The molecule has 1 N–H and O–H groups in total. The molecule has 3 rings (SSSR count). The minimum atomic E-state index is 0.310. The molecule has 0 amide bonds. The van der Waals surface area contributed by atoms with Crippen molar-refractivity contribution < 1.29 is 9.15 Å². The zero-order valence-electron chi connectivity index (χ0n) is 9.99. The van der Waals surface area contributed by atoms with E-state index < -0.39 is 0 Å². The van der Waals surface area contributed by atoms with E-state index in [0.29, 0.717) is 29.2 Å². The fourth-order valence-corrected chi connectivity index (χ4v) is 2.32. The van der Waals surface area contributed by atoms with Crippen LogP contribution in [-0.2, 0) is 11.3 Å². The van der Waals surface area contributed by atoms with Gasteiger partial charge in [-0.3, -0.25) is 0 Å². The van der Waals surface area contributed by atoms with Crippen molar-refractivity contribution in [3.63, 3.8) is 0 Å². The number of rotatable bonds is 3. The van der Waals surface area contributed by atoms with Crippen molar-refractivity contribution in [1.29, 1.82) is 0 Å². The Hall–Kier alpha value is -1.10. The van der Waals surface area contributed by atoms with Gasteiger partial charge in [0.05, 0.1) is 6.10 Å². The maximum atomic E-state index is 5.90. The Morgan fingerprint density at radius 2 is 2.22 bits per heavy atom. The number of halogens is 1. The minimum Gasteiger partial charge on any atom is -0.438 e. The van der Waals surface area contributed by atoms with Crippen molar-refractivity contribution >= 4 is 22.7 Å². The van der Waals surface area contributed by atoms with Crippen LogP contribution >= 0.6 is 11.6 Å².